The summed E-state index contributed by atoms with van der Waals surface area (Å²) in [7, 11) is -3.80. The fraction of sp³-hybridized carbons (Fsp3) is 0.391. The molecule has 2 amide bonds. The molecule has 2 aromatic carbocycles. The summed E-state index contributed by atoms with van der Waals surface area (Å²) in [5.41, 5.74) is 0.558. The number of nitrogens with zero attached hydrogens (tertiary/aromatic N) is 2. The van der Waals surface area contributed by atoms with Crippen molar-refractivity contribution in [1.82, 2.24) is 10.2 Å². The summed E-state index contributed by atoms with van der Waals surface area (Å²) in [6.07, 6.45) is 1.72. The van der Waals surface area contributed by atoms with Crippen molar-refractivity contribution in [2.45, 2.75) is 45.8 Å². The first-order chi connectivity index (χ1) is 15.4. The van der Waals surface area contributed by atoms with Crippen LogP contribution in [-0.4, -0.2) is 50.0 Å². The second-order valence-corrected chi connectivity index (χ2v) is 11.0. The molecule has 7 nitrogen and oxygen atoms in total. The zero-order valence-corrected chi connectivity index (χ0v) is 22.1. The minimum atomic E-state index is -3.80. The molecule has 0 saturated heterocycles. The van der Waals surface area contributed by atoms with Crippen molar-refractivity contribution in [3.63, 3.8) is 0 Å². The number of amides is 2. The molecule has 2 rings (SSSR count). The van der Waals surface area contributed by atoms with Gasteiger partial charge in [0.1, 0.15) is 18.4 Å². The van der Waals surface area contributed by atoms with Crippen LogP contribution in [0.3, 0.4) is 0 Å². The van der Waals surface area contributed by atoms with E-state index in [2.05, 4.69) is 27.9 Å². The number of sulfonamides is 1. The number of nitrogens with one attached hydrogen (secondary N) is 1. The Morgan fingerprint density at radius 2 is 1.70 bits per heavy atom. The summed E-state index contributed by atoms with van der Waals surface area (Å²) in [6.45, 7) is 4.62. The molecule has 0 aliphatic heterocycles. The number of halogens is 2. The van der Waals surface area contributed by atoms with Crippen LogP contribution in [0, 0.1) is 9.39 Å². The van der Waals surface area contributed by atoms with Crippen LogP contribution in [0.25, 0.3) is 0 Å². The van der Waals surface area contributed by atoms with Gasteiger partial charge < -0.3 is 10.2 Å². The predicted molar refractivity (Wildman–Crippen MR) is 136 cm³/mol. The van der Waals surface area contributed by atoms with E-state index in [9.17, 15) is 22.4 Å². The second-order valence-electron chi connectivity index (χ2n) is 7.85. The molecule has 0 spiro atoms. The molecule has 0 aromatic heterocycles. The van der Waals surface area contributed by atoms with E-state index in [-0.39, 0.29) is 18.2 Å². The van der Waals surface area contributed by atoms with Gasteiger partial charge in [0.25, 0.3) is 0 Å². The van der Waals surface area contributed by atoms with Crippen LogP contribution in [0.2, 0.25) is 0 Å². The Morgan fingerprint density at radius 1 is 1.09 bits per heavy atom. The Hall–Kier alpha value is -2.21. The van der Waals surface area contributed by atoms with Gasteiger partial charge in [0, 0.05) is 21.7 Å². The zero-order chi connectivity index (χ0) is 24.8. The minimum Gasteiger partial charge on any atom is -0.352 e. The minimum absolute atomic E-state index is 0.107. The quantitative estimate of drug-likeness (QED) is 0.430. The topological polar surface area (TPSA) is 86.8 Å². The monoisotopic (exact) mass is 589 g/mol. The standard InChI is InChI=1S/C23H29FIN3O4S/c1-5-16(2)26-23(30)17(3)27(14-18-8-6-7-9-21(18)24)22(29)15-28(33(4,31)32)20-12-10-19(25)11-13-20/h6-13,16-17H,5,14-15H2,1-4H3,(H,26,30)/t16-,17-/m1/s1. The number of anilines is 1. The Bertz CT molecular complexity index is 1080. The van der Waals surface area contributed by atoms with E-state index in [4.69, 9.17) is 0 Å². The van der Waals surface area contributed by atoms with Gasteiger partial charge in [-0.1, -0.05) is 25.1 Å². The first kappa shape index (κ1) is 27.0. The number of benzene rings is 2. The molecule has 33 heavy (non-hydrogen) atoms. The summed E-state index contributed by atoms with van der Waals surface area (Å²) in [5, 5.41) is 2.83. The van der Waals surface area contributed by atoms with E-state index >= 15 is 0 Å². The zero-order valence-electron chi connectivity index (χ0n) is 19.1. The largest absolute Gasteiger partial charge is 0.352 e. The summed E-state index contributed by atoms with van der Waals surface area (Å²) >= 11 is 2.10. The van der Waals surface area contributed by atoms with E-state index < -0.39 is 40.2 Å². The molecule has 0 radical (unpaired) electrons. The van der Waals surface area contributed by atoms with Crippen LogP contribution in [0.15, 0.2) is 48.5 Å². The lowest BCUT2D eigenvalue weighted by molar-refractivity contribution is -0.139. The first-order valence-corrected chi connectivity index (χ1v) is 13.4. The third-order valence-corrected chi connectivity index (χ3v) is 7.12. The van der Waals surface area contributed by atoms with Crippen LogP contribution >= 0.6 is 22.6 Å². The normalized spacial score (nSPS) is 13.2. The van der Waals surface area contributed by atoms with Gasteiger partial charge >= 0.3 is 0 Å². The average Bonchev–Trinajstić information content (AvgIpc) is 2.76. The summed E-state index contributed by atoms with van der Waals surface area (Å²) in [5.74, 6) is -1.52. The van der Waals surface area contributed by atoms with Gasteiger partial charge in [-0.2, -0.15) is 0 Å². The van der Waals surface area contributed by atoms with Gasteiger partial charge in [-0.25, -0.2) is 12.8 Å². The number of carbonyl (C=O) groups is 2. The van der Waals surface area contributed by atoms with Gasteiger partial charge in [0.05, 0.1) is 11.9 Å². The van der Waals surface area contributed by atoms with Crippen molar-refractivity contribution < 1.29 is 22.4 Å². The van der Waals surface area contributed by atoms with E-state index in [1.54, 1.807) is 37.3 Å². The average molecular weight is 589 g/mol. The third-order valence-electron chi connectivity index (χ3n) is 5.26. The van der Waals surface area contributed by atoms with Gasteiger partial charge in [-0.05, 0) is 73.2 Å². The lowest BCUT2D eigenvalue weighted by atomic mass is 10.1. The van der Waals surface area contributed by atoms with Crippen molar-refractivity contribution in [2.24, 2.45) is 0 Å². The maximum Gasteiger partial charge on any atom is 0.244 e. The van der Waals surface area contributed by atoms with E-state index in [1.807, 2.05) is 13.8 Å². The summed E-state index contributed by atoms with van der Waals surface area (Å²) in [4.78, 5) is 27.4. The Balaban J connectivity index is 2.39. The molecule has 0 heterocycles. The van der Waals surface area contributed by atoms with Crippen molar-refractivity contribution in [2.75, 3.05) is 17.1 Å². The molecule has 0 bridgehead atoms. The smallest absolute Gasteiger partial charge is 0.244 e. The molecule has 2 aromatic rings. The maximum atomic E-state index is 14.4. The number of rotatable bonds is 10. The van der Waals surface area contributed by atoms with Gasteiger partial charge in [0.2, 0.25) is 21.8 Å². The lowest BCUT2D eigenvalue weighted by Crippen LogP contribution is -2.52. The molecule has 0 fully saturated rings. The molecule has 0 aliphatic carbocycles. The van der Waals surface area contributed by atoms with Gasteiger partial charge in [0.15, 0.2) is 0 Å². The molecule has 10 heteroatoms. The number of carbonyl (C=O) groups excluding carboxylic acids is 2. The highest BCUT2D eigenvalue weighted by Crippen LogP contribution is 2.21. The maximum absolute atomic E-state index is 14.4. The molecular formula is C23H29FIN3O4S. The third kappa shape index (κ3) is 7.66. The van der Waals surface area contributed by atoms with E-state index in [0.717, 1.165) is 14.1 Å². The van der Waals surface area contributed by atoms with Gasteiger partial charge in [-0.3, -0.25) is 13.9 Å². The Kier molecular flexibility index (Phi) is 9.65. The van der Waals surface area contributed by atoms with Crippen LogP contribution < -0.4 is 9.62 Å². The fourth-order valence-corrected chi connectivity index (χ4v) is 4.29. The van der Waals surface area contributed by atoms with Crippen LogP contribution in [-0.2, 0) is 26.2 Å². The Labute approximate surface area is 208 Å². The molecule has 0 unspecified atom stereocenters. The van der Waals surface area contributed by atoms with E-state index in [0.29, 0.717) is 12.1 Å². The highest BCUT2D eigenvalue weighted by molar-refractivity contribution is 14.1. The van der Waals surface area contributed by atoms with Gasteiger partial charge in [-0.15, -0.1) is 0 Å². The predicted octanol–water partition coefficient (Wildman–Crippen LogP) is 3.53. The second kappa shape index (κ2) is 11.8. The molecule has 0 aliphatic rings. The van der Waals surface area contributed by atoms with Crippen molar-refractivity contribution in [1.29, 1.82) is 0 Å². The van der Waals surface area contributed by atoms with Crippen LogP contribution in [0.4, 0.5) is 10.1 Å². The summed E-state index contributed by atoms with van der Waals surface area (Å²) in [6, 6.07) is 11.6. The molecule has 1 N–H and O–H groups in total. The lowest BCUT2D eigenvalue weighted by Gasteiger charge is -2.32. The summed E-state index contributed by atoms with van der Waals surface area (Å²) < 4.78 is 41.2. The fourth-order valence-electron chi connectivity index (χ4n) is 3.08. The molecule has 0 saturated carbocycles. The highest BCUT2D eigenvalue weighted by atomic mass is 127. The van der Waals surface area contributed by atoms with Crippen molar-refractivity contribution >= 4 is 50.1 Å². The highest BCUT2D eigenvalue weighted by Gasteiger charge is 2.30. The van der Waals surface area contributed by atoms with E-state index in [1.165, 1.54) is 23.1 Å². The molecular weight excluding hydrogens is 560 g/mol. The SMILES string of the molecule is CC[C@@H](C)NC(=O)[C@@H](C)N(Cc1ccccc1F)C(=O)CN(c1ccc(I)cc1)S(C)(=O)=O. The molecule has 2 atom stereocenters. The molecule has 180 valence electrons. The van der Waals surface area contributed by atoms with Crippen LogP contribution in [0.1, 0.15) is 32.8 Å². The van der Waals surface area contributed by atoms with Crippen molar-refractivity contribution in [3.8, 4) is 0 Å². The van der Waals surface area contributed by atoms with Crippen molar-refractivity contribution in [3.05, 3.63) is 63.5 Å². The first-order valence-electron chi connectivity index (χ1n) is 10.5. The number of hydrogen-bond donors (Lipinski definition) is 1. The van der Waals surface area contributed by atoms with Crippen LogP contribution in [0.5, 0.6) is 0 Å². The number of hydrogen-bond acceptors (Lipinski definition) is 4. The Morgan fingerprint density at radius 3 is 2.24 bits per heavy atom.